The third-order valence-corrected chi connectivity index (χ3v) is 23.8. The molecule has 0 aliphatic heterocycles. The number of rotatable bonds is 12. The maximum absolute atomic E-state index is 6.02. The fourth-order valence-electron chi connectivity index (χ4n) is 16.3. The van der Waals surface area contributed by atoms with Crippen molar-refractivity contribution in [2.75, 3.05) is 0 Å². The molecular weight excluding hydrogens is 2480 g/mol. The van der Waals surface area contributed by atoms with E-state index in [1.807, 2.05) is 306 Å². The zero-order valence-corrected chi connectivity index (χ0v) is 91.4. The number of aromatic nitrogens is 8. The normalized spacial score (nSPS) is 10.7. The molecule has 0 aliphatic carbocycles. The van der Waals surface area contributed by atoms with Crippen LogP contribution in [0.3, 0.4) is 0 Å². The summed E-state index contributed by atoms with van der Waals surface area (Å²) >= 11 is 0. The number of nitrogens with zero attached hydrogens (tertiary/aromatic N) is 8. The Labute approximate surface area is 896 Å². The van der Waals surface area contributed by atoms with E-state index in [2.05, 4.69) is 249 Å². The Bertz CT molecular complexity index is 7770. The molecule has 0 amide bonds. The van der Waals surface area contributed by atoms with Gasteiger partial charge in [0.1, 0.15) is 22.3 Å². The van der Waals surface area contributed by atoms with Crippen molar-refractivity contribution in [3.63, 3.8) is 0 Å². The second-order valence-corrected chi connectivity index (χ2v) is 35.2. The Morgan fingerprint density at radius 1 is 0.222 bits per heavy atom. The number of aryl methyl sites for hydroxylation is 4. The van der Waals surface area contributed by atoms with Crippen LogP contribution >= 0.6 is 0 Å². The molecule has 12 aromatic heterocycles. The van der Waals surface area contributed by atoms with Gasteiger partial charge < -0.3 is 57.5 Å². The van der Waals surface area contributed by atoms with Crippen LogP contribution in [0, 0.1) is 76.2 Å². The van der Waals surface area contributed by atoms with Gasteiger partial charge in [-0.25, -0.2) is 0 Å². The zero-order chi connectivity index (χ0) is 96.8. The van der Waals surface area contributed by atoms with Crippen LogP contribution in [0.5, 0.6) is 0 Å². The molecule has 16 heteroatoms. The molecule has 12 aromatic carbocycles. The minimum atomic E-state index is 0. The molecule has 0 N–H and O–H groups in total. The molecule has 0 fully saturated rings. The van der Waals surface area contributed by atoms with Gasteiger partial charge in [-0.1, -0.05) is 268 Å². The van der Waals surface area contributed by atoms with Gasteiger partial charge in [-0.15, -0.1) is 214 Å². The molecular formula is C128H104Ir4N8O4-8. The van der Waals surface area contributed by atoms with Crippen molar-refractivity contribution in [3.05, 3.63) is 482 Å². The van der Waals surface area contributed by atoms with E-state index in [9.17, 15) is 0 Å². The van der Waals surface area contributed by atoms with Crippen LogP contribution in [0.15, 0.2) is 407 Å². The molecule has 12 heterocycles. The van der Waals surface area contributed by atoms with Gasteiger partial charge in [0, 0.05) is 151 Å². The van der Waals surface area contributed by atoms with Gasteiger partial charge in [-0.05, 0) is 169 Å². The first-order valence-electron chi connectivity index (χ1n) is 47.1. The minimum absolute atomic E-state index is 0. The summed E-state index contributed by atoms with van der Waals surface area (Å²) in [5.41, 5.74) is 32.3. The Morgan fingerprint density at radius 2 is 0.535 bits per heavy atom. The van der Waals surface area contributed by atoms with Gasteiger partial charge >= 0.3 is 0 Å². The molecule has 144 heavy (non-hydrogen) atoms. The van der Waals surface area contributed by atoms with Gasteiger partial charge in [0.25, 0.3) is 0 Å². The molecule has 12 nitrogen and oxygen atoms in total. The minimum Gasteiger partial charge on any atom is -0.501 e. The average molecular weight is 2590 g/mol. The van der Waals surface area contributed by atoms with Crippen LogP contribution in [0.1, 0.15) is 124 Å². The first-order valence-corrected chi connectivity index (χ1v) is 47.1. The zero-order valence-electron chi connectivity index (χ0n) is 81.8. The Kier molecular flexibility index (Phi) is 38.3. The number of benzene rings is 12. The maximum atomic E-state index is 6.02. The first kappa shape index (κ1) is 107. The Morgan fingerprint density at radius 3 is 0.861 bits per heavy atom. The van der Waals surface area contributed by atoms with E-state index in [-0.39, 0.29) is 80.4 Å². The fraction of sp³-hybridized carbons (Fsp3) is 0.125. The SMILES string of the molecule is CC(C)c1cc[c-]c(-c2ccccn2)c1.CC(C)c1cc[c-]c(-c2ccccn2)c1.CC(C)c1cc[c-]c(-c2ccccn2)c1.CC(C)c1cc[c-]c(-c2ccccn2)c1.Cc1ccc(-c2[c-]ccc3c2oc2ccccc23)nc1.Cc1cccc(-c2[c-]ccc3c2oc2ccccc23)n1.Cc1cccnc1-c1[c-]ccc2c1oc1ccccc12.Cc1ccnc(-c2[c-]ccc3c2oc2ccccc23)c1.[Ir].[Ir].[Ir].[Ir]. The van der Waals surface area contributed by atoms with Crippen molar-refractivity contribution >= 4 is 87.8 Å². The van der Waals surface area contributed by atoms with Crippen LogP contribution in [0.25, 0.3) is 178 Å². The Balaban J connectivity index is 0.000000138. The third-order valence-electron chi connectivity index (χ3n) is 23.8. The van der Waals surface area contributed by atoms with Crippen molar-refractivity contribution < 1.29 is 98.1 Å². The quantitative estimate of drug-likeness (QED) is 0.107. The molecule has 0 atom stereocenters. The number of para-hydroxylation sites is 4. The number of furan rings is 4. The second kappa shape index (κ2) is 51.5. The van der Waals surface area contributed by atoms with Gasteiger partial charge in [-0.2, -0.15) is 0 Å². The number of fused-ring (bicyclic) bond motifs is 12. The predicted molar refractivity (Wildman–Crippen MR) is 572 cm³/mol. The fourth-order valence-corrected chi connectivity index (χ4v) is 16.3. The number of hydrogen-bond donors (Lipinski definition) is 0. The van der Waals surface area contributed by atoms with E-state index in [1.54, 1.807) is 6.20 Å². The molecule has 0 bridgehead atoms. The van der Waals surface area contributed by atoms with E-state index in [1.165, 1.54) is 27.8 Å². The summed E-state index contributed by atoms with van der Waals surface area (Å²) in [4.78, 5) is 35.2. The molecule has 4 radical (unpaired) electrons. The van der Waals surface area contributed by atoms with Crippen LogP contribution in [0.4, 0.5) is 0 Å². The summed E-state index contributed by atoms with van der Waals surface area (Å²) < 4.78 is 24.0. The smallest absolute Gasteiger partial charge is 0.120 e. The summed E-state index contributed by atoms with van der Waals surface area (Å²) in [6, 6.07) is 141. The van der Waals surface area contributed by atoms with Crippen LogP contribution in [-0.2, 0) is 80.4 Å². The topological polar surface area (TPSA) is 156 Å². The monoisotopic (exact) mass is 2590 g/mol. The standard InChI is InChI=1S/4C18H12NO.4C14H14N.4Ir/c1-12-6-5-11-19-17(12)15-9-4-8-14-13-7-2-3-10-16(13)20-18(14)15;1-12-6-4-10-16(19-12)15-9-5-8-14-13-7-2-3-11-17(13)20-18(14)15;1-12-9-10-19-16(11-12)15-7-4-6-14-13-5-2-3-8-17(13)20-18(14)15;1-12-9-10-16(19-11-12)15-7-4-6-14-13-5-2-3-8-17(13)20-18(14)15;4*1-11(2)12-6-5-7-13(10-12)14-8-3-4-9-15-14;;;;/h2*2-8,10-11H,1H3;2*2-6,8-11H,1H3;4*3-6,8-11H,1-2H3;;;;/q8*-1;;;;. The van der Waals surface area contributed by atoms with E-state index in [0.29, 0.717) is 23.7 Å². The van der Waals surface area contributed by atoms with Crippen molar-refractivity contribution in [3.8, 4) is 90.1 Å². The second-order valence-electron chi connectivity index (χ2n) is 35.2. The van der Waals surface area contributed by atoms with Crippen molar-refractivity contribution in [1.82, 2.24) is 39.9 Å². The van der Waals surface area contributed by atoms with E-state index >= 15 is 0 Å². The van der Waals surface area contributed by atoms with Gasteiger partial charge in [0.05, 0.1) is 22.3 Å². The average Bonchev–Trinajstić information content (AvgIpc) is 1.63. The van der Waals surface area contributed by atoms with Crippen LogP contribution in [0.2, 0.25) is 0 Å². The molecule has 0 spiro atoms. The van der Waals surface area contributed by atoms with Crippen molar-refractivity contribution in [2.45, 2.75) is 107 Å². The predicted octanol–water partition coefficient (Wildman–Crippen LogP) is 33.7. The van der Waals surface area contributed by atoms with Crippen molar-refractivity contribution in [2.24, 2.45) is 0 Å². The number of hydrogen-bond acceptors (Lipinski definition) is 12. The molecule has 0 saturated heterocycles. The molecule has 0 unspecified atom stereocenters. The van der Waals surface area contributed by atoms with Crippen LogP contribution in [-0.4, -0.2) is 39.9 Å². The summed E-state index contributed by atoms with van der Waals surface area (Å²) in [7, 11) is 0. The summed E-state index contributed by atoms with van der Waals surface area (Å²) in [5, 5.41) is 8.96. The van der Waals surface area contributed by atoms with Gasteiger partial charge in [0.15, 0.2) is 0 Å². The van der Waals surface area contributed by atoms with Crippen LogP contribution < -0.4 is 0 Å². The molecule has 0 aliphatic rings. The summed E-state index contributed by atoms with van der Waals surface area (Å²) in [6.07, 6.45) is 12.7. The third kappa shape index (κ3) is 26.4. The largest absolute Gasteiger partial charge is 0.501 e. The number of pyridine rings is 8. The Hall–Kier alpha value is -14.4. The first-order chi connectivity index (χ1) is 68.4. The maximum Gasteiger partial charge on any atom is 0.120 e. The van der Waals surface area contributed by atoms with Crippen molar-refractivity contribution in [1.29, 1.82) is 0 Å². The van der Waals surface area contributed by atoms with E-state index in [4.69, 9.17) is 17.7 Å². The molecule has 0 saturated carbocycles. The van der Waals surface area contributed by atoms with Gasteiger partial charge in [0.2, 0.25) is 0 Å². The molecule has 24 rings (SSSR count). The molecule has 724 valence electrons. The van der Waals surface area contributed by atoms with E-state index in [0.717, 1.165) is 195 Å². The molecule has 24 aromatic rings. The summed E-state index contributed by atoms with van der Waals surface area (Å²) in [5.74, 6) is 2.17. The van der Waals surface area contributed by atoms with E-state index < -0.39 is 0 Å². The van der Waals surface area contributed by atoms with Gasteiger partial charge in [-0.3, -0.25) is 0 Å². The summed E-state index contributed by atoms with van der Waals surface area (Å²) in [6.45, 7) is 25.7.